The van der Waals surface area contributed by atoms with E-state index in [0.717, 1.165) is 19.6 Å². The second kappa shape index (κ2) is 7.89. The molecule has 0 bridgehead atoms. The van der Waals surface area contributed by atoms with Crippen molar-refractivity contribution in [2.24, 2.45) is 0 Å². The quantitative estimate of drug-likeness (QED) is 0.725. The zero-order valence-electron chi connectivity index (χ0n) is 11.9. The van der Waals surface area contributed by atoms with E-state index in [1.54, 1.807) is 18.2 Å². The molecule has 0 aliphatic heterocycles. The Labute approximate surface area is 114 Å². The van der Waals surface area contributed by atoms with Gasteiger partial charge in [-0.2, -0.15) is 0 Å². The molecule has 0 saturated carbocycles. The van der Waals surface area contributed by atoms with E-state index in [0.29, 0.717) is 12.0 Å². The maximum atomic E-state index is 13.9. The van der Waals surface area contributed by atoms with Gasteiger partial charge in [-0.15, -0.1) is 0 Å². The number of carbonyl (C=O) groups excluding carboxylic acids is 1. The fraction of sp³-hybridized carbons (Fsp3) is 0.533. The van der Waals surface area contributed by atoms with Crippen LogP contribution in [-0.4, -0.2) is 37.4 Å². The smallest absolute Gasteiger partial charge is 0.168 e. The molecule has 0 N–H and O–H groups in total. The standard InChI is InChI=1S/C15H22FNO2/c1-4-17(5-2)10-9-13(18)11-12-7-6-8-14(19-3)15(12)16/h6-8H,4-5,9-11H2,1-3H3. The molecule has 0 aromatic heterocycles. The molecule has 0 fully saturated rings. The molecule has 0 aliphatic carbocycles. The summed E-state index contributed by atoms with van der Waals surface area (Å²) in [4.78, 5) is 14.0. The van der Waals surface area contributed by atoms with Crippen molar-refractivity contribution < 1.29 is 13.9 Å². The number of Topliss-reactive ketones (excluding diaryl/α,β-unsaturated/α-hetero) is 1. The normalized spacial score (nSPS) is 10.8. The lowest BCUT2D eigenvalue weighted by atomic mass is 10.1. The Morgan fingerprint density at radius 1 is 1.32 bits per heavy atom. The molecule has 19 heavy (non-hydrogen) atoms. The zero-order valence-corrected chi connectivity index (χ0v) is 11.9. The van der Waals surface area contributed by atoms with E-state index in [9.17, 15) is 9.18 Å². The minimum atomic E-state index is -0.429. The second-order valence-corrected chi connectivity index (χ2v) is 4.43. The van der Waals surface area contributed by atoms with Crippen molar-refractivity contribution in [2.45, 2.75) is 26.7 Å². The maximum Gasteiger partial charge on any atom is 0.168 e. The molecule has 3 nitrogen and oxygen atoms in total. The number of hydrogen-bond donors (Lipinski definition) is 0. The van der Waals surface area contributed by atoms with Gasteiger partial charge in [-0.25, -0.2) is 4.39 Å². The number of carbonyl (C=O) groups is 1. The average Bonchev–Trinajstić information content (AvgIpc) is 2.42. The van der Waals surface area contributed by atoms with Crippen molar-refractivity contribution in [3.8, 4) is 5.75 Å². The molecule has 106 valence electrons. The summed E-state index contributed by atoms with van der Waals surface area (Å²) in [5.74, 6) is -0.186. The van der Waals surface area contributed by atoms with Gasteiger partial charge in [0, 0.05) is 19.4 Å². The van der Waals surface area contributed by atoms with E-state index in [4.69, 9.17) is 4.74 Å². The van der Waals surface area contributed by atoms with Crippen molar-refractivity contribution in [1.29, 1.82) is 0 Å². The van der Waals surface area contributed by atoms with Gasteiger partial charge < -0.3 is 9.64 Å². The fourth-order valence-corrected chi connectivity index (χ4v) is 1.97. The Hall–Kier alpha value is -1.42. The largest absolute Gasteiger partial charge is 0.494 e. The van der Waals surface area contributed by atoms with Crippen LogP contribution in [0.2, 0.25) is 0 Å². The molecule has 0 heterocycles. The molecule has 0 radical (unpaired) electrons. The summed E-state index contributed by atoms with van der Waals surface area (Å²) in [6.45, 7) is 6.72. The number of benzene rings is 1. The number of rotatable bonds is 8. The molecule has 0 amide bonds. The van der Waals surface area contributed by atoms with Crippen LogP contribution in [0.4, 0.5) is 4.39 Å². The first-order chi connectivity index (χ1) is 9.12. The summed E-state index contributed by atoms with van der Waals surface area (Å²) in [5.41, 5.74) is 0.406. The van der Waals surface area contributed by atoms with Crippen LogP contribution in [0, 0.1) is 5.82 Å². The summed E-state index contributed by atoms with van der Waals surface area (Å²) in [6, 6.07) is 4.89. The molecular formula is C15H22FNO2. The van der Waals surface area contributed by atoms with Gasteiger partial charge in [0.15, 0.2) is 11.6 Å². The van der Waals surface area contributed by atoms with Crippen molar-refractivity contribution >= 4 is 5.78 Å². The fourth-order valence-electron chi connectivity index (χ4n) is 1.97. The van der Waals surface area contributed by atoms with E-state index in [2.05, 4.69) is 18.7 Å². The molecule has 0 saturated heterocycles. The Kier molecular flexibility index (Phi) is 6.50. The zero-order chi connectivity index (χ0) is 14.3. The predicted octanol–water partition coefficient (Wildman–Crippen LogP) is 2.68. The molecule has 0 aliphatic rings. The monoisotopic (exact) mass is 267 g/mol. The molecule has 1 aromatic rings. The number of hydrogen-bond acceptors (Lipinski definition) is 3. The minimum absolute atomic E-state index is 0.0547. The highest BCUT2D eigenvalue weighted by Crippen LogP contribution is 2.20. The van der Waals surface area contributed by atoms with Gasteiger partial charge in [-0.1, -0.05) is 26.0 Å². The predicted molar refractivity (Wildman–Crippen MR) is 74.1 cm³/mol. The van der Waals surface area contributed by atoms with Crippen LogP contribution in [0.5, 0.6) is 5.75 Å². The van der Waals surface area contributed by atoms with Crippen LogP contribution in [-0.2, 0) is 11.2 Å². The molecule has 0 atom stereocenters. The second-order valence-electron chi connectivity index (χ2n) is 4.43. The first-order valence-electron chi connectivity index (χ1n) is 6.67. The number of halogens is 1. The lowest BCUT2D eigenvalue weighted by Crippen LogP contribution is -2.26. The van der Waals surface area contributed by atoms with Crippen LogP contribution in [0.25, 0.3) is 0 Å². The van der Waals surface area contributed by atoms with E-state index < -0.39 is 5.82 Å². The van der Waals surface area contributed by atoms with Crippen molar-refractivity contribution in [3.05, 3.63) is 29.6 Å². The van der Waals surface area contributed by atoms with Gasteiger partial charge in [0.05, 0.1) is 7.11 Å². The highest BCUT2D eigenvalue weighted by Gasteiger charge is 2.12. The van der Waals surface area contributed by atoms with Crippen LogP contribution < -0.4 is 4.74 Å². The topological polar surface area (TPSA) is 29.5 Å². The van der Waals surface area contributed by atoms with Crippen molar-refractivity contribution in [2.75, 3.05) is 26.7 Å². The lowest BCUT2D eigenvalue weighted by molar-refractivity contribution is -0.118. The van der Waals surface area contributed by atoms with Crippen LogP contribution in [0.1, 0.15) is 25.8 Å². The van der Waals surface area contributed by atoms with Gasteiger partial charge in [0.2, 0.25) is 0 Å². The van der Waals surface area contributed by atoms with E-state index in [1.807, 2.05) is 0 Å². The number of ether oxygens (including phenoxy) is 1. The van der Waals surface area contributed by atoms with E-state index in [-0.39, 0.29) is 18.0 Å². The third kappa shape index (κ3) is 4.63. The highest BCUT2D eigenvalue weighted by molar-refractivity contribution is 5.81. The van der Waals surface area contributed by atoms with Gasteiger partial charge in [0.25, 0.3) is 0 Å². The summed E-state index contributed by atoms with van der Waals surface area (Å²) in [5, 5.41) is 0. The van der Waals surface area contributed by atoms with Crippen LogP contribution >= 0.6 is 0 Å². The number of ketones is 1. The Balaban J connectivity index is 2.57. The van der Waals surface area contributed by atoms with Gasteiger partial charge in [-0.05, 0) is 24.7 Å². The van der Waals surface area contributed by atoms with Gasteiger partial charge in [-0.3, -0.25) is 4.79 Å². The average molecular weight is 267 g/mol. The molecule has 0 unspecified atom stereocenters. The van der Waals surface area contributed by atoms with Gasteiger partial charge >= 0.3 is 0 Å². The Bertz CT molecular complexity index is 417. The first-order valence-corrected chi connectivity index (χ1v) is 6.67. The number of nitrogens with zero attached hydrogens (tertiary/aromatic N) is 1. The van der Waals surface area contributed by atoms with Gasteiger partial charge in [0.1, 0.15) is 5.78 Å². The van der Waals surface area contributed by atoms with Crippen molar-refractivity contribution in [1.82, 2.24) is 4.90 Å². The Morgan fingerprint density at radius 2 is 2.00 bits per heavy atom. The van der Waals surface area contributed by atoms with E-state index >= 15 is 0 Å². The molecule has 1 rings (SSSR count). The molecule has 1 aromatic carbocycles. The SMILES string of the molecule is CCN(CC)CCC(=O)Cc1cccc(OC)c1F. The number of methoxy groups -OCH3 is 1. The molecule has 4 heteroatoms. The van der Waals surface area contributed by atoms with Crippen LogP contribution in [0.15, 0.2) is 18.2 Å². The Morgan fingerprint density at radius 3 is 2.58 bits per heavy atom. The summed E-state index contributed by atoms with van der Waals surface area (Å²) in [7, 11) is 1.42. The third-order valence-electron chi connectivity index (χ3n) is 3.25. The minimum Gasteiger partial charge on any atom is -0.494 e. The highest BCUT2D eigenvalue weighted by atomic mass is 19.1. The molecule has 0 spiro atoms. The molecular weight excluding hydrogens is 245 g/mol. The first kappa shape index (κ1) is 15.6. The lowest BCUT2D eigenvalue weighted by Gasteiger charge is -2.17. The third-order valence-corrected chi connectivity index (χ3v) is 3.25. The summed E-state index contributed by atoms with van der Waals surface area (Å²) in [6.07, 6.45) is 0.586. The van der Waals surface area contributed by atoms with Crippen LogP contribution in [0.3, 0.4) is 0 Å². The maximum absolute atomic E-state index is 13.9. The van der Waals surface area contributed by atoms with Crippen molar-refractivity contribution in [3.63, 3.8) is 0 Å². The summed E-state index contributed by atoms with van der Waals surface area (Å²) < 4.78 is 18.8. The summed E-state index contributed by atoms with van der Waals surface area (Å²) >= 11 is 0. The van der Waals surface area contributed by atoms with E-state index in [1.165, 1.54) is 7.11 Å².